The Hall–Kier alpha value is -3.02. The second kappa shape index (κ2) is 7.25. The molecule has 1 heterocycles. The van der Waals surface area contributed by atoms with E-state index in [0.29, 0.717) is 6.54 Å². The average Bonchev–Trinajstić information content (AvgIpc) is 2.85. The largest absolute Gasteiger partial charge is 0.276 e. The Morgan fingerprint density at radius 1 is 1.12 bits per heavy atom. The smallest absolute Gasteiger partial charge is 0.151 e. The fraction of sp³-hybridized carbons (Fsp3) is 0.158. The van der Waals surface area contributed by atoms with E-state index in [2.05, 4.69) is 15.6 Å². The molecule has 1 aromatic heterocycles. The van der Waals surface area contributed by atoms with E-state index in [1.807, 2.05) is 48.9 Å². The first-order valence-electron chi connectivity index (χ1n) is 7.86. The zero-order chi connectivity index (χ0) is 17.8. The number of halogens is 2. The van der Waals surface area contributed by atoms with E-state index in [-0.39, 0.29) is 5.69 Å². The topological polar surface area (TPSA) is 42.2 Å². The van der Waals surface area contributed by atoms with Gasteiger partial charge in [0.2, 0.25) is 0 Å². The first-order chi connectivity index (χ1) is 12.0. The van der Waals surface area contributed by atoms with Gasteiger partial charge in [-0.2, -0.15) is 10.2 Å². The molecule has 6 heteroatoms. The molecule has 128 valence electrons. The molecule has 1 N–H and O–H groups in total. The monoisotopic (exact) mass is 340 g/mol. The molecule has 0 spiro atoms. The maximum Gasteiger partial charge on any atom is 0.151 e. The van der Waals surface area contributed by atoms with Crippen molar-refractivity contribution < 1.29 is 8.78 Å². The molecule has 0 amide bonds. The van der Waals surface area contributed by atoms with Crippen LogP contribution in [0.2, 0.25) is 0 Å². The molecular weight excluding hydrogens is 322 g/mol. The van der Waals surface area contributed by atoms with E-state index >= 15 is 0 Å². The van der Waals surface area contributed by atoms with Crippen LogP contribution in [0, 0.1) is 25.5 Å². The van der Waals surface area contributed by atoms with E-state index in [9.17, 15) is 8.78 Å². The lowest BCUT2D eigenvalue weighted by molar-refractivity contribution is 0.585. The molecule has 0 aliphatic heterocycles. The lowest BCUT2D eigenvalue weighted by Crippen LogP contribution is -2.04. The van der Waals surface area contributed by atoms with Gasteiger partial charge in [-0.25, -0.2) is 8.78 Å². The third-order valence-electron chi connectivity index (χ3n) is 3.92. The van der Waals surface area contributed by atoms with Crippen molar-refractivity contribution in [3.63, 3.8) is 0 Å². The summed E-state index contributed by atoms with van der Waals surface area (Å²) < 4.78 is 28.4. The van der Waals surface area contributed by atoms with Gasteiger partial charge < -0.3 is 0 Å². The van der Waals surface area contributed by atoms with E-state index in [0.717, 1.165) is 28.6 Å². The van der Waals surface area contributed by atoms with Crippen LogP contribution in [0.5, 0.6) is 0 Å². The van der Waals surface area contributed by atoms with Crippen molar-refractivity contribution in [2.24, 2.45) is 5.10 Å². The van der Waals surface area contributed by atoms with Crippen LogP contribution in [-0.2, 0) is 6.54 Å². The summed E-state index contributed by atoms with van der Waals surface area (Å²) in [5.74, 6) is -1.31. The molecule has 0 radical (unpaired) electrons. The van der Waals surface area contributed by atoms with Crippen molar-refractivity contribution in [1.82, 2.24) is 9.78 Å². The lowest BCUT2D eigenvalue weighted by atomic mass is 10.2. The number of hydrogen-bond donors (Lipinski definition) is 1. The minimum Gasteiger partial charge on any atom is -0.276 e. The molecular formula is C19H18F2N4. The highest BCUT2D eigenvalue weighted by Gasteiger charge is 2.10. The molecule has 0 saturated carbocycles. The number of nitrogens with one attached hydrogen (secondary N) is 1. The zero-order valence-electron chi connectivity index (χ0n) is 14.0. The Kier molecular flexibility index (Phi) is 4.88. The Balaban J connectivity index is 1.76. The Morgan fingerprint density at radius 3 is 2.60 bits per heavy atom. The average molecular weight is 340 g/mol. The van der Waals surface area contributed by atoms with Gasteiger partial charge >= 0.3 is 0 Å². The van der Waals surface area contributed by atoms with Crippen molar-refractivity contribution in [3.8, 4) is 0 Å². The summed E-state index contributed by atoms with van der Waals surface area (Å²) in [6.45, 7) is 4.53. The molecule has 4 nitrogen and oxygen atoms in total. The molecule has 25 heavy (non-hydrogen) atoms. The van der Waals surface area contributed by atoms with Crippen molar-refractivity contribution in [1.29, 1.82) is 0 Å². The highest BCUT2D eigenvalue weighted by atomic mass is 19.1. The molecule has 0 unspecified atom stereocenters. The van der Waals surface area contributed by atoms with Gasteiger partial charge in [0.1, 0.15) is 5.82 Å². The van der Waals surface area contributed by atoms with Gasteiger partial charge in [0.05, 0.1) is 24.1 Å². The second-order valence-electron chi connectivity index (χ2n) is 5.72. The van der Waals surface area contributed by atoms with Crippen LogP contribution in [0.3, 0.4) is 0 Å². The van der Waals surface area contributed by atoms with Gasteiger partial charge in [0.25, 0.3) is 0 Å². The number of benzene rings is 2. The molecule has 0 saturated heterocycles. The maximum absolute atomic E-state index is 13.6. The first kappa shape index (κ1) is 16.8. The van der Waals surface area contributed by atoms with Crippen LogP contribution in [0.4, 0.5) is 14.5 Å². The second-order valence-corrected chi connectivity index (χ2v) is 5.72. The minimum absolute atomic E-state index is 0.115. The first-order valence-corrected chi connectivity index (χ1v) is 7.86. The third kappa shape index (κ3) is 3.91. The maximum atomic E-state index is 13.6. The fourth-order valence-electron chi connectivity index (χ4n) is 2.55. The van der Waals surface area contributed by atoms with Crippen LogP contribution in [0.25, 0.3) is 0 Å². The summed E-state index contributed by atoms with van der Waals surface area (Å²) in [6, 6.07) is 13.3. The summed E-state index contributed by atoms with van der Waals surface area (Å²) in [4.78, 5) is 0. The molecule has 3 aromatic rings. The van der Waals surface area contributed by atoms with Crippen LogP contribution in [-0.4, -0.2) is 16.0 Å². The Morgan fingerprint density at radius 2 is 1.88 bits per heavy atom. The van der Waals surface area contributed by atoms with Crippen LogP contribution < -0.4 is 5.43 Å². The number of hydrazone groups is 1. The van der Waals surface area contributed by atoms with Gasteiger partial charge in [0.15, 0.2) is 5.82 Å². The third-order valence-corrected chi connectivity index (χ3v) is 3.92. The number of nitrogens with zero attached hydrogens (tertiary/aromatic N) is 3. The molecule has 2 aromatic carbocycles. The van der Waals surface area contributed by atoms with E-state index in [4.69, 9.17) is 0 Å². The summed E-state index contributed by atoms with van der Waals surface area (Å²) in [5.41, 5.74) is 6.53. The van der Waals surface area contributed by atoms with E-state index in [1.165, 1.54) is 12.1 Å². The standard InChI is InChI=1S/C19H18F2N4/c1-13-17(11-22-23-19-9-8-16(20)10-18(19)21)14(2)25(24-13)12-15-6-4-3-5-7-15/h3-11,23H,12H2,1-2H3/b22-11-. The Labute approximate surface area is 144 Å². The molecule has 0 atom stereocenters. The predicted molar refractivity (Wildman–Crippen MR) is 94.8 cm³/mol. The highest BCUT2D eigenvalue weighted by Crippen LogP contribution is 2.16. The SMILES string of the molecule is Cc1nn(Cc2ccccc2)c(C)c1/C=N\Nc1ccc(F)cc1F. The minimum atomic E-state index is -0.689. The molecule has 0 aliphatic carbocycles. The van der Waals surface area contributed by atoms with Crippen molar-refractivity contribution in [3.05, 3.63) is 82.7 Å². The van der Waals surface area contributed by atoms with Crippen LogP contribution in [0.1, 0.15) is 22.5 Å². The number of aryl methyl sites for hydroxylation is 1. The number of hydrogen-bond acceptors (Lipinski definition) is 3. The molecule has 0 fully saturated rings. The van der Waals surface area contributed by atoms with Crippen molar-refractivity contribution >= 4 is 11.9 Å². The van der Waals surface area contributed by atoms with Crippen molar-refractivity contribution in [2.45, 2.75) is 20.4 Å². The van der Waals surface area contributed by atoms with Gasteiger partial charge in [-0.05, 0) is 31.5 Å². The van der Waals surface area contributed by atoms with Crippen LogP contribution >= 0.6 is 0 Å². The van der Waals surface area contributed by atoms with Crippen molar-refractivity contribution in [2.75, 3.05) is 5.43 Å². The lowest BCUT2D eigenvalue weighted by Gasteiger charge is -2.04. The molecule has 0 aliphatic rings. The Bertz CT molecular complexity index is 901. The van der Waals surface area contributed by atoms with Gasteiger partial charge in [0, 0.05) is 17.3 Å². The van der Waals surface area contributed by atoms with E-state index in [1.54, 1.807) is 6.21 Å². The fourth-order valence-corrected chi connectivity index (χ4v) is 2.55. The van der Waals surface area contributed by atoms with Gasteiger partial charge in [-0.3, -0.25) is 10.1 Å². The van der Waals surface area contributed by atoms with Crippen LogP contribution in [0.15, 0.2) is 53.6 Å². The summed E-state index contributed by atoms with van der Waals surface area (Å²) in [6.07, 6.45) is 1.60. The number of rotatable bonds is 5. The van der Waals surface area contributed by atoms with Gasteiger partial charge in [-0.15, -0.1) is 0 Å². The summed E-state index contributed by atoms with van der Waals surface area (Å²) in [7, 11) is 0. The molecule has 0 bridgehead atoms. The normalized spacial score (nSPS) is 11.2. The highest BCUT2D eigenvalue weighted by molar-refractivity contribution is 5.83. The quantitative estimate of drug-likeness (QED) is 0.557. The number of anilines is 1. The van der Waals surface area contributed by atoms with E-state index < -0.39 is 11.6 Å². The zero-order valence-corrected chi connectivity index (χ0v) is 14.0. The molecule has 3 rings (SSSR count). The summed E-state index contributed by atoms with van der Waals surface area (Å²) in [5, 5.41) is 8.59. The predicted octanol–water partition coefficient (Wildman–Crippen LogP) is 4.27. The van der Waals surface area contributed by atoms with Gasteiger partial charge in [-0.1, -0.05) is 30.3 Å². The summed E-state index contributed by atoms with van der Waals surface area (Å²) >= 11 is 0. The number of aromatic nitrogens is 2.